The minimum Gasteiger partial charge on any atom is -0.356 e. The van der Waals surface area contributed by atoms with Crippen molar-refractivity contribution < 1.29 is 9.59 Å². The third-order valence-electron chi connectivity index (χ3n) is 6.68. The number of aryl methyl sites for hydroxylation is 1. The number of anilines is 1. The summed E-state index contributed by atoms with van der Waals surface area (Å²) >= 11 is 1.58. The Labute approximate surface area is 258 Å². The monoisotopic (exact) mass is 592 g/mol. The highest BCUT2D eigenvalue weighted by Crippen LogP contribution is 2.29. The van der Waals surface area contributed by atoms with E-state index in [1.165, 1.54) is 4.88 Å². The highest BCUT2D eigenvalue weighted by molar-refractivity contribution is 7.15. The molecule has 0 unspecified atom stereocenters. The number of hydrogen-bond donors (Lipinski definition) is 3. The highest BCUT2D eigenvalue weighted by Gasteiger charge is 2.22. The van der Waals surface area contributed by atoms with Gasteiger partial charge in [0.15, 0.2) is 5.13 Å². The molecule has 1 aromatic heterocycles. The maximum atomic E-state index is 12.3. The van der Waals surface area contributed by atoms with Gasteiger partial charge in [-0.15, -0.1) is 11.3 Å². The SMILES string of the molecule is CC/C=C\C/C=C\C/C=C\C/C=C\C/C=C\C/C=C\CCC(=O)NCCC(=O)Nc1nc2c(s1)C[C@H](NCCC)CC2. The van der Waals surface area contributed by atoms with Crippen LogP contribution in [0.3, 0.4) is 0 Å². The number of amides is 2. The van der Waals surface area contributed by atoms with Crippen LogP contribution in [0.4, 0.5) is 5.13 Å². The molecule has 2 rings (SSSR count). The zero-order chi connectivity index (χ0) is 30.1. The molecule has 1 heterocycles. The summed E-state index contributed by atoms with van der Waals surface area (Å²) in [5.41, 5.74) is 1.12. The van der Waals surface area contributed by atoms with Gasteiger partial charge in [0, 0.05) is 30.3 Å². The Morgan fingerprint density at radius 3 is 1.98 bits per heavy atom. The molecular formula is C35H52N4O2S. The van der Waals surface area contributed by atoms with Crippen LogP contribution in [-0.2, 0) is 22.4 Å². The van der Waals surface area contributed by atoms with E-state index in [9.17, 15) is 9.59 Å². The van der Waals surface area contributed by atoms with Crippen molar-refractivity contribution in [3.05, 3.63) is 83.5 Å². The number of nitrogens with one attached hydrogen (secondary N) is 3. The number of hydrogen-bond acceptors (Lipinski definition) is 5. The molecule has 0 fully saturated rings. The smallest absolute Gasteiger partial charge is 0.227 e. The zero-order valence-electron chi connectivity index (χ0n) is 25.8. The molecule has 0 aliphatic heterocycles. The molecule has 3 N–H and O–H groups in total. The molecule has 6 nitrogen and oxygen atoms in total. The summed E-state index contributed by atoms with van der Waals surface area (Å²) in [5.74, 6) is -0.142. The second-order valence-electron chi connectivity index (χ2n) is 10.4. The Morgan fingerprint density at radius 2 is 1.38 bits per heavy atom. The van der Waals surface area contributed by atoms with Gasteiger partial charge in [-0.3, -0.25) is 9.59 Å². The molecule has 1 aliphatic carbocycles. The van der Waals surface area contributed by atoms with Gasteiger partial charge in [-0.2, -0.15) is 0 Å². The molecule has 7 heteroatoms. The van der Waals surface area contributed by atoms with Gasteiger partial charge in [0.2, 0.25) is 11.8 Å². The van der Waals surface area contributed by atoms with E-state index >= 15 is 0 Å². The van der Waals surface area contributed by atoms with Crippen LogP contribution in [0.1, 0.15) is 95.0 Å². The Hall–Kier alpha value is -3.03. The summed E-state index contributed by atoms with van der Waals surface area (Å²) in [7, 11) is 0. The standard InChI is InChI=1S/C35H52N4O2S/c1-3-5-6-7-8-9-10-11-12-13-14-15-16-17-18-19-20-21-22-23-33(40)37-28-26-34(41)39-35-38-31-25-24-30(36-27-4-2)29-32(31)42-35/h5-6,8-9,11-12,14-15,17-18,20-21,30,36H,3-4,7,10,13,16,19,22-29H2,1-2H3,(H,37,40)(H,38,39,41)/b6-5-,9-8-,12-11-,15-14-,18-17-,21-20-/t30-/m1/s1. The van der Waals surface area contributed by atoms with Gasteiger partial charge >= 0.3 is 0 Å². The topological polar surface area (TPSA) is 83.1 Å². The summed E-state index contributed by atoms with van der Waals surface area (Å²) in [4.78, 5) is 30.3. The van der Waals surface area contributed by atoms with Gasteiger partial charge < -0.3 is 16.0 Å². The Bertz CT molecular complexity index is 1080. The van der Waals surface area contributed by atoms with Crippen molar-refractivity contribution in [1.82, 2.24) is 15.6 Å². The number of carbonyl (C=O) groups excluding carboxylic acids is 2. The van der Waals surface area contributed by atoms with Crippen molar-refractivity contribution in [1.29, 1.82) is 0 Å². The van der Waals surface area contributed by atoms with Gasteiger partial charge in [0.25, 0.3) is 0 Å². The maximum absolute atomic E-state index is 12.3. The van der Waals surface area contributed by atoms with Crippen molar-refractivity contribution in [2.45, 2.75) is 103 Å². The molecule has 0 spiro atoms. The number of carbonyl (C=O) groups is 2. The predicted molar refractivity (Wildman–Crippen MR) is 180 cm³/mol. The molecule has 1 aromatic rings. The second kappa shape index (κ2) is 23.5. The van der Waals surface area contributed by atoms with Gasteiger partial charge in [0.1, 0.15) is 0 Å². The quantitative estimate of drug-likeness (QED) is 0.127. The third kappa shape index (κ3) is 17.0. The van der Waals surface area contributed by atoms with Crippen LogP contribution in [0.2, 0.25) is 0 Å². The molecule has 1 atom stereocenters. The number of thiazole rings is 1. The summed E-state index contributed by atoms with van der Waals surface area (Å²) in [6.45, 7) is 5.70. The maximum Gasteiger partial charge on any atom is 0.227 e. The largest absolute Gasteiger partial charge is 0.356 e. The minimum atomic E-state index is -0.112. The average Bonchev–Trinajstić information content (AvgIpc) is 3.38. The lowest BCUT2D eigenvalue weighted by molar-refractivity contribution is -0.121. The summed E-state index contributed by atoms with van der Waals surface area (Å²) in [6.07, 6.45) is 37.5. The lowest BCUT2D eigenvalue weighted by Crippen LogP contribution is -2.34. The number of aromatic nitrogens is 1. The lowest BCUT2D eigenvalue weighted by atomic mass is 9.98. The fraction of sp³-hybridized carbons (Fsp3) is 0.514. The van der Waals surface area contributed by atoms with Crippen LogP contribution < -0.4 is 16.0 Å². The van der Waals surface area contributed by atoms with E-state index in [1.54, 1.807) is 11.3 Å². The van der Waals surface area contributed by atoms with Crippen LogP contribution in [0.5, 0.6) is 0 Å². The molecule has 0 bridgehead atoms. The molecule has 0 radical (unpaired) electrons. The molecule has 0 aromatic carbocycles. The zero-order valence-corrected chi connectivity index (χ0v) is 26.6. The van der Waals surface area contributed by atoms with E-state index in [0.29, 0.717) is 30.6 Å². The van der Waals surface area contributed by atoms with E-state index in [4.69, 9.17) is 0 Å². The third-order valence-corrected chi connectivity index (χ3v) is 7.71. The van der Waals surface area contributed by atoms with Crippen molar-refractivity contribution in [2.75, 3.05) is 18.4 Å². The number of fused-ring (bicyclic) bond motifs is 1. The van der Waals surface area contributed by atoms with Gasteiger partial charge in [-0.05, 0) is 77.2 Å². The lowest BCUT2D eigenvalue weighted by Gasteiger charge is -2.21. The van der Waals surface area contributed by atoms with Crippen molar-refractivity contribution in [3.63, 3.8) is 0 Å². The van der Waals surface area contributed by atoms with Gasteiger partial charge in [0.05, 0.1) is 5.69 Å². The van der Waals surface area contributed by atoms with Crippen LogP contribution in [-0.4, -0.2) is 35.9 Å². The first-order valence-electron chi connectivity index (χ1n) is 15.8. The minimum absolute atomic E-state index is 0.0299. The Balaban J connectivity index is 1.46. The van der Waals surface area contributed by atoms with E-state index in [0.717, 1.165) is 76.4 Å². The molecule has 2 amide bonds. The van der Waals surface area contributed by atoms with Crippen molar-refractivity contribution in [2.24, 2.45) is 0 Å². The molecule has 42 heavy (non-hydrogen) atoms. The van der Waals surface area contributed by atoms with Crippen LogP contribution >= 0.6 is 11.3 Å². The first kappa shape index (κ1) is 35.2. The normalized spacial score (nSPS) is 15.7. The summed E-state index contributed by atoms with van der Waals surface area (Å²) in [6, 6.07) is 0.504. The second-order valence-corrected chi connectivity index (χ2v) is 11.5. The first-order valence-corrected chi connectivity index (χ1v) is 16.6. The Morgan fingerprint density at radius 1 is 0.786 bits per heavy atom. The number of allylic oxidation sites excluding steroid dienone is 12. The van der Waals surface area contributed by atoms with Crippen molar-refractivity contribution >= 4 is 28.3 Å². The first-order chi connectivity index (χ1) is 20.6. The highest BCUT2D eigenvalue weighted by atomic mass is 32.1. The van der Waals surface area contributed by atoms with Crippen molar-refractivity contribution in [3.8, 4) is 0 Å². The Kier molecular flexibility index (Phi) is 19.7. The molecular weight excluding hydrogens is 540 g/mol. The predicted octanol–water partition coefficient (Wildman–Crippen LogP) is 7.92. The number of rotatable bonds is 21. The van der Waals surface area contributed by atoms with E-state index in [2.05, 4.69) is 102 Å². The van der Waals surface area contributed by atoms with E-state index in [-0.39, 0.29) is 18.2 Å². The average molecular weight is 593 g/mol. The number of nitrogens with zero attached hydrogens (tertiary/aromatic N) is 1. The van der Waals surface area contributed by atoms with Gasteiger partial charge in [-0.1, -0.05) is 86.8 Å². The molecule has 0 saturated heterocycles. The van der Waals surface area contributed by atoms with Gasteiger partial charge in [-0.25, -0.2) is 4.98 Å². The fourth-order valence-corrected chi connectivity index (χ4v) is 5.49. The fourth-order valence-electron chi connectivity index (χ4n) is 4.39. The molecule has 0 saturated carbocycles. The van der Waals surface area contributed by atoms with E-state index < -0.39 is 0 Å². The summed E-state index contributed by atoms with van der Waals surface area (Å²) in [5, 5.41) is 10.0. The summed E-state index contributed by atoms with van der Waals surface area (Å²) < 4.78 is 0. The van der Waals surface area contributed by atoms with E-state index in [1.807, 2.05) is 6.08 Å². The van der Waals surface area contributed by atoms with Crippen LogP contribution in [0.15, 0.2) is 72.9 Å². The molecule has 230 valence electrons. The van der Waals surface area contributed by atoms with Crippen LogP contribution in [0, 0.1) is 0 Å². The molecule has 1 aliphatic rings. The van der Waals surface area contributed by atoms with Crippen LogP contribution in [0.25, 0.3) is 0 Å².